The highest BCUT2D eigenvalue weighted by atomic mass is 16.5. The summed E-state index contributed by atoms with van der Waals surface area (Å²) in [6.07, 6.45) is 2.81. The van der Waals surface area contributed by atoms with Crippen LogP contribution in [0.3, 0.4) is 0 Å². The maximum absolute atomic E-state index is 5.91. The lowest BCUT2D eigenvalue weighted by Gasteiger charge is -2.13. The molecule has 0 aliphatic rings. The van der Waals surface area contributed by atoms with Crippen molar-refractivity contribution < 1.29 is 4.74 Å². The van der Waals surface area contributed by atoms with Crippen LogP contribution in [0.2, 0.25) is 0 Å². The van der Waals surface area contributed by atoms with Crippen molar-refractivity contribution in [3.05, 3.63) is 58.9 Å². The van der Waals surface area contributed by atoms with Crippen LogP contribution in [-0.4, -0.2) is 11.6 Å². The van der Waals surface area contributed by atoms with Crippen molar-refractivity contribution in [1.29, 1.82) is 0 Å². The lowest BCUT2D eigenvalue weighted by atomic mass is 10.1. The van der Waals surface area contributed by atoms with Crippen molar-refractivity contribution in [1.82, 2.24) is 4.98 Å². The predicted molar refractivity (Wildman–Crippen MR) is 74.1 cm³/mol. The zero-order chi connectivity index (χ0) is 13.0. The van der Waals surface area contributed by atoms with Gasteiger partial charge in [0, 0.05) is 29.4 Å². The summed E-state index contributed by atoms with van der Waals surface area (Å²) in [6, 6.07) is 10.4. The highest BCUT2D eigenvalue weighted by Gasteiger charge is 2.07. The summed E-state index contributed by atoms with van der Waals surface area (Å²) in [6.45, 7) is 6.82. The quantitative estimate of drug-likeness (QED) is 0.815. The molecule has 0 aliphatic heterocycles. The van der Waals surface area contributed by atoms with Crippen LogP contribution in [-0.2, 0) is 6.42 Å². The fourth-order valence-electron chi connectivity index (χ4n) is 1.95. The SMILES string of the molecule is Cc1cnc(C)c(C)c1OCCc1ccccc1. The topological polar surface area (TPSA) is 22.1 Å². The maximum atomic E-state index is 5.91. The van der Waals surface area contributed by atoms with Gasteiger partial charge in [0.05, 0.1) is 6.61 Å². The van der Waals surface area contributed by atoms with Crippen molar-refractivity contribution in [2.24, 2.45) is 0 Å². The normalized spacial score (nSPS) is 10.4. The molecule has 0 amide bonds. The molecule has 94 valence electrons. The number of hydrogen-bond donors (Lipinski definition) is 0. The van der Waals surface area contributed by atoms with Crippen molar-refractivity contribution in [2.75, 3.05) is 6.61 Å². The highest BCUT2D eigenvalue weighted by molar-refractivity contribution is 5.40. The molecule has 2 nitrogen and oxygen atoms in total. The summed E-state index contributed by atoms with van der Waals surface area (Å²) in [5.41, 5.74) is 4.59. The molecule has 0 spiro atoms. The number of ether oxygens (including phenoxy) is 1. The van der Waals surface area contributed by atoms with Gasteiger partial charge in [-0.05, 0) is 26.3 Å². The average Bonchev–Trinajstić information content (AvgIpc) is 2.39. The molecule has 1 aromatic heterocycles. The van der Waals surface area contributed by atoms with Crippen LogP contribution in [0.15, 0.2) is 36.5 Å². The van der Waals surface area contributed by atoms with Crippen LogP contribution in [0.4, 0.5) is 0 Å². The summed E-state index contributed by atoms with van der Waals surface area (Å²) in [5, 5.41) is 0. The van der Waals surface area contributed by atoms with E-state index < -0.39 is 0 Å². The van der Waals surface area contributed by atoms with E-state index >= 15 is 0 Å². The molecule has 0 radical (unpaired) electrons. The second kappa shape index (κ2) is 5.67. The van der Waals surface area contributed by atoms with E-state index in [0.717, 1.165) is 29.0 Å². The standard InChI is InChI=1S/C16H19NO/c1-12-11-17-14(3)13(2)16(12)18-10-9-15-7-5-4-6-8-15/h4-8,11H,9-10H2,1-3H3. The number of rotatable bonds is 4. The van der Waals surface area contributed by atoms with E-state index in [1.165, 1.54) is 5.56 Å². The van der Waals surface area contributed by atoms with Gasteiger partial charge in [-0.3, -0.25) is 4.98 Å². The van der Waals surface area contributed by atoms with Crippen molar-refractivity contribution >= 4 is 0 Å². The minimum Gasteiger partial charge on any atom is -0.493 e. The average molecular weight is 241 g/mol. The Hall–Kier alpha value is -1.83. The molecule has 0 unspecified atom stereocenters. The smallest absolute Gasteiger partial charge is 0.128 e. The third kappa shape index (κ3) is 2.89. The van der Waals surface area contributed by atoms with Crippen molar-refractivity contribution in [3.8, 4) is 5.75 Å². The fraction of sp³-hybridized carbons (Fsp3) is 0.312. The molecule has 0 atom stereocenters. The molecule has 2 rings (SSSR count). The molecule has 0 fully saturated rings. The minimum atomic E-state index is 0.704. The number of benzene rings is 1. The molecule has 0 saturated carbocycles. The second-order valence-corrected chi connectivity index (χ2v) is 4.56. The van der Waals surface area contributed by atoms with Crippen LogP contribution in [0.25, 0.3) is 0 Å². The van der Waals surface area contributed by atoms with Gasteiger partial charge in [-0.15, -0.1) is 0 Å². The first-order chi connectivity index (χ1) is 8.68. The van der Waals surface area contributed by atoms with E-state index in [1.807, 2.05) is 26.1 Å². The van der Waals surface area contributed by atoms with Gasteiger partial charge in [-0.1, -0.05) is 30.3 Å². The number of hydrogen-bond acceptors (Lipinski definition) is 2. The first-order valence-corrected chi connectivity index (χ1v) is 6.28. The fourth-order valence-corrected chi connectivity index (χ4v) is 1.95. The Bertz CT molecular complexity index is 520. The Morgan fingerprint density at radius 2 is 1.78 bits per heavy atom. The molecule has 0 N–H and O–H groups in total. The van der Waals surface area contributed by atoms with Gasteiger partial charge < -0.3 is 4.74 Å². The maximum Gasteiger partial charge on any atom is 0.128 e. The van der Waals surface area contributed by atoms with Crippen LogP contribution in [0, 0.1) is 20.8 Å². The second-order valence-electron chi connectivity index (χ2n) is 4.56. The number of nitrogens with zero attached hydrogens (tertiary/aromatic N) is 1. The van der Waals surface area contributed by atoms with Gasteiger partial charge >= 0.3 is 0 Å². The Kier molecular flexibility index (Phi) is 3.98. The number of aromatic nitrogens is 1. The van der Waals surface area contributed by atoms with Gasteiger partial charge in [-0.2, -0.15) is 0 Å². The van der Waals surface area contributed by atoms with Gasteiger partial charge in [0.1, 0.15) is 5.75 Å². The molecule has 2 aromatic rings. The van der Waals surface area contributed by atoms with Gasteiger partial charge in [-0.25, -0.2) is 0 Å². The Morgan fingerprint density at radius 1 is 1.06 bits per heavy atom. The van der Waals surface area contributed by atoms with Crippen LogP contribution >= 0.6 is 0 Å². The summed E-state index contributed by atoms with van der Waals surface area (Å²) in [5.74, 6) is 0.985. The summed E-state index contributed by atoms with van der Waals surface area (Å²) in [4.78, 5) is 4.33. The molecule has 0 saturated heterocycles. The molecule has 1 heterocycles. The predicted octanol–water partition coefficient (Wildman–Crippen LogP) is 3.63. The summed E-state index contributed by atoms with van der Waals surface area (Å²) in [7, 11) is 0. The first kappa shape index (κ1) is 12.6. The van der Waals surface area contributed by atoms with Gasteiger partial charge in [0.25, 0.3) is 0 Å². The molecule has 18 heavy (non-hydrogen) atoms. The van der Waals surface area contributed by atoms with Crippen molar-refractivity contribution in [3.63, 3.8) is 0 Å². The van der Waals surface area contributed by atoms with E-state index in [2.05, 4.69) is 36.2 Å². The highest BCUT2D eigenvalue weighted by Crippen LogP contribution is 2.24. The molecule has 2 heteroatoms. The van der Waals surface area contributed by atoms with Crippen LogP contribution in [0.5, 0.6) is 5.75 Å². The van der Waals surface area contributed by atoms with E-state index in [0.29, 0.717) is 6.61 Å². The zero-order valence-corrected chi connectivity index (χ0v) is 11.2. The van der Waals surface area contributed by atoms with E-state index in [-0.39, 0.29) is 0 Å². The third-order valence-corrected chi connectivity index (χ3v) is 3.17. The lowest BCUT2D eigenvalue weighted by molar-refractivity contribution is 0.317. The monoisotopic (exact) mass is 241 g/mol. The molecular formula is C16H19NO. The van der Waals surface area contributed by atoms with Gasteiger partial charge in [0.2, 0.25) is 0 Å². The summed E-state index contributed by atoms with van der Waals surface area (Å²) < 4.78 is 5.91. The van der Waals surface area contributed by atoms with Crippen LogP contribution in [0.1, 0.15) is 22.4 Å². The third-order valence-electron chi connectivity index (χ3n) is 3.17. The van der Waals surface area contributed by atoms with E-state index in [1.54, 1.807) is 0 Å². The van der Waals surface area contributed by atoms with Crippen molar-refractivity contribution in [2.45, 2.75) is 27.2 Å². The Labute approximate surface area is 109 Å². The largest absolute Gasteiger partial charge is 0.493 e. The molecular weight excluding hydrogens is 222 g/mol. The summed E-state index contributed by atoms with van der Waals surface area (Å²) >= 11 is 0. The van der Waals surface area contributed by atoms with Crippen LogP contribution < -0.4 is 4.74 Å². The number of aryl methyl sites for hydroxylation is 2. The van der Waals surface area contributed by atoms with Gasteiger partial charge in [0.15, 0.2) is 0 Å². The minimum absolute atomic E-state index is 0.704. The Balaban J connectivity index is 2.01. The number of pyridine rings is 1. The van der Waals surface area contributed by atoms with E-state index in [9.17, 15) is 0 Å². The lowest BCUT2D eigenvalue weighted by Crippen LogP contribution is -2.05. The van der Waals surface area contributed by atoms with E-state index in [4.69, 9.17) is 4.74 Å². The molecule has 0 aliphatic carbocycles. The first-order valence-electron chi connectivity index (χ1n) is 6.28. The Morgan fingerprint density at radius 3 is 2.50 bits per heavy atom. The molecule has 0 bridgehead atoms. The zero-order valence-electron chi connectivity index (χ0n) is 11.2. The molecule has 1 aromatic carbocycles.